The van der Waals surface area contributed by atoms with Crippen LogP contribution in [-0.2, 0) is 23.2 Å². The van der Waals surface area contributed by atoms with Gasteiger partial charge in [-0.2, -0.15) is 0 Å². The zero-order chi connectivity index (χ0) is 34.8. The Morgan fingerprint density at radius 2 is 1.76 bits per heavy atom. The average Bonchev–Trinajstić information content (AvgIpc) is 3.07. The van der Waals surface area contributed by atoms with E-state index < -0.39 is 0 Å². The Kier molecular flexibility index (Phi) is 10.3. The number of halogens is 1. The number of hydrogen-bond acceptors (Lipinski definition) is 4. The zero-order valence-corrected chi connectivity index (χ0v) is 30.5. The maximum atomic E-state index is 12.6. The molecule has 3 aromatic rings. The molecular weight excluding hydrogens is 626 g/mol. The number of benzene rings is 3. The lowest BCUT2D eigenvalue weighted by Crippen LogP contribution is -2.44. The molecule has 0 saturated carbocycles. The van der Waals surface area contributed by atoms with Crippen LogP contribution >= 0.6 is 11.6 Å². The SMILES string of the molecule is C=C(N[C@H](Cc1ccc(Cl)cc1)CC1(C)CCN(c2ccccc2CN2CCCCC2=O)CC1)C1=CC(=C)c2cc(C(C)(C)C)ccc2O1. The Morgan fingerprint density at radius 3 is 2.47 bits per heavy atom. The normalized spacial score (nSPS) is 18.3. The van der Waals surface area contributed by atoms with E-state index in [1.54, 1.807) is 0 Å². The summed E-state index contributed by atoms with van der Waals surface area (Å²) < 4.78 is 6.44. The largest absolute Gasteiger partial charge is 0.455 e. The summed E-state index contributed by atoms with van der Waals surface area (Å²) >= 11 is 6.25. The Morgan fingerprint density at radius 1 is 1.02 bits per heavy atom. The summed E-state index contributed by atoms with van der Waals surface area (Å²) in [4.78, 5) is 17.2. The highest BCUT2D eigenvalue weighted by atomic mass is 35.5. The number of rotatable bonds is 10. The smallest absolute Gasteiger partial charge is 0.222 e. The Bertz CT molecular complexity index is 1730. The Balaban J connectivity index is 1.15. The van der Waals surface area contributed by atoms with Crippen LogP contribution in [0.25, 0.3) is 5.57 Å². The van der Waals surface area contributed by atoms with Crippen LogP contribution in [0.2, 0.25) is 5.02 Å². The number of ether oxygens (including phenoxy) is 1. The number of para-hydroxylation sites is 1. The van der Waals surface area contributed by atoms with Gasteiger partial charge in [-0.3, -0.25) is 4.79 Å². The molecule has 0 bridgehead atoms. The monoisotopic (exact) mass is 677 g/mol. The van der Waals surface area contributed by atoms with Gasteiger partial charge >= 0.3 is 0 Å². The van der Waals surface area contributed by atoms with Crippen molar-refractivity contribution in [3.63, 3.8) is 0 Å². The molecule has 6 heteroatoms. The lowest BCUT2D eigenvalue weighted by Gasteiger charge is -2.43. The number of amides is 1. The number of nitrogens with one attached hydrogen (secondary N) is 1. The molecule has 0 radical (unpaired) electrons. The minimum absolute atomic E-state index is 0.0441. The van der Waals surface area contributed by atoms with Crippen molar-refractivity contribution in [2.24, 2.45) is 5.41 Å². The van der Waals surface area contributed by atoms with Crippen LogP contribution in [0, 0.1) is 5.41 Å². The van der Waals surface area contributed by atoms with Crippen LogP contribution in [0.1, 0.15) is 88.5 Å². The number of fused-ring (bicyclic) bond motifs is 1. The lowest BCUT2D eigenvalue weighted by molar-refractivity contribution is -0.133. The van der Waals surface area contributed by atoms with Gasteiger partial charge < -0.3 is 19.9 Å². The minimum Gasteiger partial charge on any atom is -0.455 e. The highest BCUT2D eigenvalue weighted by Gasteiger charge is 2.34. The molecule has 3 heterocycles. The number of piperidine rings is 2. The molecule has 1 N–H and O–H groups in total. The Labute approximate surface area is 298 Å². The summed E-state index contributed by atoms with van der Waals surface area (Å²) in [6.07, 6.45) is 8.79. The Hall–Kier alpha value is -3.96. The van der Waals surface area contributed by atoms with Gasteiger partial charge in [0.05, 0.1) is 5.70 Å². The maximum absolute atomic E-state index is 12.6. The van der Waals surface area contributed by atoms with Crippen LogP contribution in [0.4, 0.5) is 5.69 Å². The molecular formula is C43H52ClN3O2. The first-order valence-electron chi connectivity index (χ1n) is 17.9. The zero-order valence-electron chi connectivity index (χ0n) is 29.8. The number of carbonyl (C=O) groups excluding carboxylic acids is 1. The van der Waals surface area contributed by atoms with Crippen molar-refractivity contribution < 1.29 is 9.53 Å². The first-order valence-corrected chi connectivity index (χ1v) is 18.3. The van der Waals surface area contributed by atoms with Gasteiger partial charge in [0.15, 0.2) is 5.76 Å². The van der Waals surface area contributed by atoms with Crippen molar-refractivity contribution in [1.82, 2.24) is 10.2 Å². The van der Waals surface area contributed by atoms with Crippen LogP contribution in [0.5, 0.6) is 5.75 Å². The van der Waals surface area contributed by atoms with E-state index in [0.717, 1.165) is 85.8 Å². The molecule has 2 fully saturated rings. The van der Waals surface area contributed by atoms with E-state index in [9.17, 15) is 4.79 Å². The second-order valence-electron chi connectivity index (χ2n) is 15.7. The van der Waals surface area contributed by atoms with Crippen molar-refractivity contribution in [1.29, 1.82) is 0 Å². The molecule has 3 aromatic carbocycles. The molecule has 0 unspecified atom stereocenters. The quantitative estimate of drug-likeness (QED) is 0.232. The van der Waals surface area contributed by atoms with Crippen LogP contribution in [0.3, 0.4) is 0 Å². The predicted octanol–water partition coefficient (Wildman–Crippen LogP) is 9.85. The maximum Gasteiger partial charge on any atom is 0.222 e. The third-order valence-corrected chi connectivity index (χ3v) is 10.9. The fraction of sp³-hybridized carbons (Fsp3) is 0.419. The van der Waals surface area contributed by atoms with Crippen LogP contribution < -0.4 is 15.0 Å². The first-order chi connectivity index (χ1) is 23.4. The highest BCUT2D eigenvalue weighted by molar-refractivity contribution is 6.30. The van der Waals surface area contributed by atoms with Crippen LogP contribution in [0.15, 0.2) is 97.4 Å². The fourth-order valence-electron chi connectivity index (χ4n) is 7.54. The first kappa shape index (κ1) is 34.9. The molecule has 6 rings (SSSR count). The topological polar surface area (TPSA) is 44.8 Å². The van der Waals surface area contributed by atoms with E-state index in [2.05, 4.69) is 106 Å². The molecule has 3 aliphatic rings. The molecule has 258 valence electrons. The number of anilines is 1. The number of nitrogens with zero attached hydrogens (tertiary/aromatic N) is 2. The molecule has 1 amide bonds. The molecule has 3 aliphatic heterocycles. The summed E-state index contributed by atoms with van der Waals surface area (Å²) in [5.41, 5.74) is 7.93. The van der Waals surface area contributed by atoms with Gasteiger partial charge in [0.2, 0.25) is 5.91 Å². The number of allylic oxidation sites excluding steroid dienone is 2. The fourth-order valence-corrected chi connectivity index (χ4v) is 7.67. The predicted molar refractivity (Wildman–Crippen MR) is 204 cm³/mol. The van der Waals surface area contributed by atoms with Crippen molar-refractivity contribution in [2.75, 3.05) is 24.5 Å². The number of likely N-dealkylation sites (tertiary alicyclic amines) is 1. The van der Waals surface area contributed by atoms with Crippen molar-refractivity contribution in [2.45, 2.75) is 90.6 Å². The van der Waals surface area contributed by atoms with Gasteiger partial charge in [-0.15, -0.1) is 0 Å². The van der Waals surface area contributed by atoms with Gasteiger partial charge in [0, 0.05) is 54.9 Å². The van der Waals surface area contributed by atoms with E-state index in [0.29, 0.717) is 18.7 Å². The molecule has 0 spiro atoms. The molecule has 2 saturated heterocycles. The minimum atomic E-state index is 0.0441. The second kappa shape index (κ2) is 14.5. The molecule has 0 aliphatic carbocycles. The average molecular weight is 678 g/mol. The number of hydrogen-bond donors (Lipinski definition) is 1. The molecule has 49 heavy (non-hydrogen) atoms. The molecule has 0 aromatic heterocycles. The third-order valence-electron chi connectivity index (χ3n) is 10.6. The number of carbonyl (C=O) groups is 1. The summed E-state index contributed by atoms with van der Waals surface area (Å²) in [6, 6.07) is 23.4. The van der Waals surface area contributed by atoms with Crippen molar-refractivity contribution in [3.05, 3.63) is 125 Å². The van der Waals surface area contributed by atoms with E-state index in [-0.39, 0.29) is 22.8 Å². The lowest BCUT2D eigenvalue weighted by atomic mass is 9.74. The summed E-state index contributed by atoms with van der Waals surface area (Å²) in [5.74, 6) is 1.81. The van der Waals surface area contributed by atoms with Crippen LogP contribution in [-0.4, -0.2) is 36.5 Å². The van der Waals surface area contributed by atoms with Gasteiger partial charge in [-0.25, -0.2) is 0 Å². The standard InChI is InChI=1S/C43H52ClN3O2/c1-30-25-40(49-39-19-16-34(27-37(30)39)42(3,4)5)31(2)45-36(26-32-14-17-35(44)18-15-32)28-43(6)20-23-46(24-21-43)38-12-8-7-11-33(38)29-47-22-10-9-13-41(47)48/h7-8,11-12,14-19,25,27,36,45H,1-2,9-10,13,20-24,26,28-29H2,3-6H3/t36-/m1/s1. The second-order valence-corrected chi connectivity index (χ2v) is 16.1. The van der Waals surface area contributed by atoms with Gasteiger partial charge in [-0.1, -0.05) is 88.9 Å². The van der Waals surface area contributed by atoms with Gasteiger partial charge in [0.1, 0.15) is 5.75 Å². The van der Waals surface area contributed by atoms with Crippen molar-refractivity contribution in [3.8, 4) is 5.75 Å². The summed E-state index contributed by atoms with van der Waals surface area (Å²) in [6.45, 7) is 21.5. The summed E-state index contributed by atoms with van der Waals surface area (Å²) in [5, 5.41) is 4.54. The van der Waals surface area contributed by atoms with Gasteiger partial charge in [0.25, 0.3) is 0 Å². The van der Waals surface area contributed by atoms with E-state index in [1.807, 2.05) is 23.1 Å². The third kappa shape index (κ3) is 8.44. The highest BCUT2D eigenvalue weighted by Crippen LogP contribution is 2.40. The molecule has 5 nitrogen and oxygen atoms in total. The van der Waals surface area contributed by atoms with Gasteiger partial charge in [-0.05, 0) is 108 Å². The van der Waals surface area contributed by atoms with E-state index >= 15 is 0 Å². The van der Waals surface area contributed by atoms with E-state index in [1.165, 1.54) is 22.4 Å². The summed E-state index contributed by atoms with van der Waals surface area (Å²) in [7, 11) is 0. The van der Waals surface area contributed by atoms with E-state index in [4.69, 9.17) is 16.3 Å². The van der Waals surface area contributed by atoms with Crippen molar-refractivity contribution >= 4 is 28.8 Å². The molecule has 1 atom stereocenters.